The van der Waals surface area contributed by atoms with Crippen LogP contribution in [-0.4, -0.2) is 41.5 Å². The molecule has 200 valence electrons. The molecular weight excluding hydrogens is 494 g/mol. The quantitative estimate of drug-likeness (QED) is 0.257. The Hall–Kier alpha value is -4.65. The Morgan fingerprint density at radius 3 is 1.54 bits per heavy atom. The van der Waals surface area contributed by atoms with Crippen molar-refractivity contribution in [3.05, 3.63) is 108 Å². The Kier molecular flexibility index (Phi) is 7.07. The molecule has 5 rings (SSSR count). The molecule has 0 spiro atoms. The number of carbonyl (C=O) groups excluding carboxylic acids is 1. The smallest absolute Gasteiger partial charge is 0.245 e. The lowest BCUT2D eigenvalue weighted by molar-refractivity contribution is -0.131. The number of hydrogen-bond donors (Lipinski definition) is 0. The van der Waals surface area contributed by atoms with Crippen LogP contribution in [0.25, 0.3) is 0 Å². The Bertz CT molecular complexity index is 1410. The number of anilines is 1. The molecule has 1 heterocycles. The number of rotatable bonds is 9. The molecule has 4 aromatic carbocycles. The van der Waals surface area contributed by atoms with Gasteiger partial charge in [-0.2, -0.15) is 0 Å². The minimum Gasteiger partial charge on any atom is -0.497 e. The summed E-state index contributed by atoms with van der Waals surface area (Å²) in [6.07, 6.45) is 0. The van der Waals surface area contributed by atoms with E-state index in [9.17, 15) is 4.79 Å². The van der Waals surface area contributed by atoms with Gasteiger partial charge in [0.25, 0.3) is 0 Å². The van der Waals surface area contributed by atoms with Crippen molar-refractivity contribution in [2.75, 3.05) is 40.4 Å². The maximum absolute atomic E-state index is 14.9. The molecule has 7 heteroatoms. The van der Waals surface area contributed by atoms with Crippen LogP contribution in [0.15, 0.2) is 91.0 Å². The highest BCUT2D eigenvalue weighted by Crippen LogP contribution is 2.61. The van der Waals surface area contributed by atoms with E-state index in [1.54, 1.807) is 35.5 Å². The fraction of sp³-hybridized carbons (Fsp3) is 0.219. The summed E-state index contributed by atoms with van der Waals surface area (Å²) in [4.78, 5) is 16.7. The Labute approximate surface area is 228 Å². The van der Waals surface area contributed by atoms with Crippen LogP contribution in [0.1, 0.15) is 22.7 Å². The lowest BCUT2D eigenvalue weighted by Crippen LogP contribution is -2.67. The molecule has 1 amide bonds. The summed E-state index contributed by atoms with van der Waals surface area (Å²) in [5.41, 5.74) is 1.79. The van der Waals surface area contributed by atoms with Gasteiger partial charge in [0.05, 0.1) is 41.6 Å². The highest BCUT2D eigenvalue weighted by molar-refractivity contribution is 6.13. The minimum atomic E-state index is -1.24. The molecule has 7 nitrogen and oxygen atoms in total. The van der Waals surface area contributed by atoms with Crippen molar-refractivity contribution >= 4 is 11.6 Å². The van der Waals surface area contributed by atoms with Gasteiger partial charge in [-0.25, -0.2) is 0 Å². The minimum absolute atomic E-state index is 0.139. The van der Waals surface area contributed by atoms with E-state index in [2.05, 4.69) is 0 Å². The topological polar surface area (TPSA) is 66.5 Å². The lowest BCUT2D eigenvalue weighted by Gasteiger charge is -2.57. The van der Waals surface area contributed by atoms with Crippen LogP contribution < -0.4 is 28.6 Å². The second kappa shape index (κ2) is 10.6. The fourth-order valence-corrected chi connectivity index (χ4v) is 5.51. The monoisotopic (exact) mass is 525 g/mol. The summed E-state index contributed by atoms with van der Waals surface area (Å²) in [5.74, 6) is 2.90. The fourth-order valence-electron chi connectivity index (χ4n) is 5.51. The van der Waals surface area contributed by atoms with Crippen LogP contribution in [0.5, 0.6) is 28.7 Å². The Morgan fingerprint density at radius 1 is 0.590 bits per heavy atom. The van der Waals surface area contributed by atoms with Gasteiger partial charge in [0.2, 0.25) is 5.91 Å². The van der Waals surface area contributed by atoms with E-state index < -0.39 is 11.5 Å². The van der Waals surface area contributed by atoms with Crippen LogP contribution in [0.4, 0.5) is 5.69 Å². The van der Waals surface area contributed by atoms with Gasteiger partial charge >= 0.3 is 0 Å². The van der Waals surface area contributed by atoms with Crippen LogP contribution in [-0.2, 0) is 10.2 Å². The molecule has 0 N–H and O–H groups in total. The van der Waals surface area contributed by atoms with Crippen molar-refractivity contribution in [2.45, 2.75) is 11.5 Å². The third-order valence-electron chi connectivity index (χ3n) is 7.35. The lowest BCUT2D eigenvalue weighted by atomic mass is 9.59. The standard InChI is InChI=1S/C32H31NO6/c1-35-23-13-11-22(12-14-23)33-30(21-9-7-6-8-10-21)32(31(33)34,26-19-24(36-2)15-17-28(26)38-4)27-20-25(37-3)16-18-29(27)39-5/h6-20,30H,1-5H3. The highest BCUT2D eigenvalue weighted by Gasteiger charge is 2.65. The van der Waals surface area contributed by atoms with Gasteiger partial charge in [-0.05, 0) is 66.2 Å². The van der Waals surface area contributed by atoms with E-state index in [-0.39, 0.29) is 5.91 Å². The zero-order chi connectivity index (χ0) is 27.6. The predicted octanol–water partition coefficient (Wildman–Crippen LogP) is 5.80. The van der Waals surface area contributed by atoms with E-state index >= 15 is 0 Å². The zero-order valence-corrected chi connectivity index (χ0v) is 22.6. The van der Waals surface area contributed by atoms with Crippen molar-refractivity contribution in [1.29, 1.82) is 0 Å². The summed E-state index contributed by atoms with van der Waals surface area (Å²) >= 11 is 0. The van der Waals surface area contributed by atoms with Crippen molar-refractivity contribution in [3.63, 3.8) is 0 Å². The second-order valence-corrected chi connectivity index (χ2v) is 9.13. The van der Waals surface area contributed by atoms with Crippen molar-refractivity contribution in [3.8, 4) is 28.7 Å². The van der Waals surface area contributed by atoms with Crippen LogP contribution in [0, 0.1) is 0 Å². The SMILES string of the molecule is COc1ccc(N2C(=O)C(c3cc(OC)ccc3OC)(c3cc(OC)ccc3OC)C2c2ccccc2)cc1. The third-order valence-corrected chi connectivity index (χ3v) is 7.35. The van der Waals surface area contributed by atoms with E-state index in [4.69, 9.17) is 23.7 Å². The van der Waals surface area contributed by atoms with Crippen LogP contribution in [0.2, 0.25) is 0 Å². The molecule has 39 heavy (non-hydrogen) atoms. The first kappa shape index (κ1) is 26.0. The van der Waals surface area contributed by atoms with Crippen LogP contribution in [0.3, 0.4) is 0 Å². The molecule has 1 aliphatic heterocycles. The predicted molar refractivity (Wildman–Crippen MR) is 150 cm³/mol. The van der Waals surface area contributed by atoms with Crippen molar-refractivity contribution < 1.29 is 28.5 Å². The molecule has 1 aliphatic rings. The molecule has 1 saturated heterocycles. The van der Waals surface area contributed by atoms with E-state index in [1.165, 1.54) is 0 Å². The Morgan fingerprint density at radius 2 is 1.08 bits per heavy atom. The van der Waals surface area contributed by atoms with E-state index in [0.29, 0.717) is 39.9 Å². The maximum Gasteiger partial charge on any atom is 0.245 e. The van der Waals surface area contributed by atoms with Crippen molar-refractivity contribution in [2.24, 2.45) is 0 Å². The number of hydrogen-bond acceptors (Lipinski definition) is 6. The molecule has 0 aliphatic carbocycles. The van der Waals surface area contributed by atoms with E-state index in [1.807, 2.05) is 95.9 Å². The number of amides is 1. The second-order valence-electron chi connectivity index (χ2n) is 9.13. The zero-order valence-electron chi connectivity index (χ0n) is 22.6. The van der Waals surface area contributed by atoms with Gasteiger partial charge < -0.3 is 28.6 Å². The molecule has 4 aromatic rings. The first-order valence-electron chi connectivity index (χ1n) is 12.5. The Balaban J connectivity index is 1.87. The first-order valence-corrected chi connectivity index (χ1v) is 12.5. The van der Waals surface area contributed by atoms with Gasteiger partial charge in [0, 0.05) is 16.8 Å². The van der Waals surface area contributed by atoms with Crippen molar-refractivity contribution in [1.82, 2.24) is 0 Å². The first-order chi connectivity index (χ1) is 19.0. The number of carbonyl (C=O) groups is 1. The van der Waals surface area contributed by atoms with Gasteiger partial charge in [-0.3, -0.25) is 4.79 Å². The van der Waals surface area contributed by atoms with Crippen LogP contribution >= 0.6 is 0 Å². The van der Waals surface area contributed by atoms with Gasteiger partial charge in [0.15, 0.2) is 0 Å². The normalized spacial score (nSPS) is 15.8. The summed E-state index contributed by atoms with van der Waals surface area (Å²) in [5, 5.41) is 0. The molecular formula is C32H31NO6. The molecule has 0 aromatic heterocycles. The molecule has 0 bridgehead atoms. The highest BCUT2D eigenvalue weighted by atomic mass is 16.5. The number of β-lactam (4-membered cyclic amide) rings is 1. The third kappa shape index (κ3) is 4.11. The van der Waals surface area contributed by atoms with Gasteiger partial charge in [0.1, 0.15) is 34.2 Å². The maximum atomic E-state index is 14.9. The number of methoxy groups -OCH3 is 5. The van der Waals surface area contributed by atoms with Gasteiger partial charge in [-0.15, -0.1) is 0 Å². The number of nitrogens with zero attached hydrogens (tertiary/aromatic N) is 1. The molecule has 0 saturated carbocycles. The molecule has 1 fully saturated rings. The van der Waals surface area contributed by atoms with Gasteiger partial charge in [-0.1, -0.05) is 30.3 Å². The van der Waals surface area contributed by atoms with E-state index in [0.717, 1.165) is 11.3 Å². The molecule has 1 atom stereocenters. The summed E-state index contributed by atoms with van der Waals surface area (Å²) in [6.45, 7) is 0. The molecule has 0 radical (unpaired) electrons. The average Bonchev–Trinajstić information content (AvgIpc) is 3.00. The molecule has 1 unspecified atom stereocenters. The summed E-state index contributed by atoms with van der Waals surface area (Å²) in [6, 6.07) is 28.0. The summed E-state index contributed by atoms with van der Waals surface area (Å²) in [7, 11) is 8.02. The largest absolute Gasteiger partial charge is 0.497 e. The number of benzene rings is 4. The summed E-state index contributed by atoms with van der Waals surface area (Å²) < 4.78 is 28.3. The number of ether oxygens (including phenoxy) is 5. The average molecular weight is 526 g/mol.